The number of aryl methyl sites for hydroxylation is 1. The molecule has 16 heavy (non-hydrogen) atoms. The molecule has 0 saturated carbocycles. The quantitative estimate of drug-likeness (QED) is 0.881. The molecule has 84 valence electrons. The van der Waals surface area contributed by atoms with E-state index in [1.807, 2.05) is 31.2 Å². The van der Waals surface area contributed by atoms with Gasteiger partial charge in [-0.1, -0.05) is 6.07 Å². The highest BCUT2D eigenvalue weighted by Gasteiger charge is 2.10. The minimum Gasteiger partial charge on any atom is -0.441 e. The Morgan fingerprint density at radius 3 is 2.94 bits per heavy atom. The molecule has 0 unspecified atom stereocenters. The molecule has 0 amide bonds. The fourth-order valence-corrected chi connectivity index (χ4v) is 2.05. The van der Waals surface area contributed by atoms with Crippen LogP contribution in [0.25, 0.3) is 11.5 Å². The standard InChI is InChI=1S/C12H12INO2/c1-8-11(5-6-15)14-12(16-8)9-3-2-4-10(13)7-9/h2-4,7,15H,5-6H2,1H3. The predicted octanol–water partition coefficient (Wildman–Crippen LogP) is 2.79. The van der Waals surface area contributed by atoms with E-state index in [4.69, 9.17) is 9.52 Å². The summed E-state index contributed by atoms with van der Waals surface area (Å²) in [5, 5.41) is 8.89. The topological polar surface area (TPSA) is 46.3 Å². The summed E-state index contributed by atoms with van der Waals surface area (Å²) in [6, 6.07) is 7.99. The fourth-order valence-electron chi connectivity index (χ4n) is 1.51. The van der Waals surface area contributed by atoms with Crippen molar-refractivity contribution in [3.8, 4) is 11.5 Å². The Morgan fingerprint density at radius 2 is 2.25 bits per heavy atom. The molecule has 0 aliphatic heterocycles. The van der Waals surface area contributed by atoms with Gasteiger partial charge in [-0.15, -0.1) is 0 Å². The van der Waals surface area contributed by atoms with Gasteiger partial charge in [-0.25, -0.2) is 4.98 Å². The molecule has 2 rings (SSSR count). The Kier molecular flexibility index (Phi) is 3.60. The highest BCUT2D eigenvalue weighted by Crippen LogP contribution is 2.23. The lowest BCUT2D eigenvalue weighted by Crippen LogP contribution is -1.92. The first-order valence-electron chi connectivity index (χ1n) is 5.04. The van der Waals surface area contributed by atoms with Crippen LogP contribution in [0.5, 0.6) is 0 Å². The molecule has 0 fully saturated rings. The summed E-state index contributed by atoms with van der Waals surface area (Å²) in [6.07, 6.45) is 0.541. The third kappa shape index (κ3) is 2.44. The van der Waals surface area contributed by atoms with Crippen LogP contribution < -0.4 is 0 Å². The third-order valence-corrected chi connectivity index (χ3v) is 2.98. The Hall–Kier alpha value is -0.880. The van der Waals surface area contributed by atoms with Crippen LogP contribution >= 0.6 is 22.6 Å². The highest BCUT2D eigenvalue weighted by molar-refractivity contribution is 14.1. The maximum atomic E-state index is 8.89. The maximum Gasteiger partial charge on any atom is 0.226 e. The van der Waals surface area contributed by atoms with Gasteiger partial charge in [0, 0.05) is 22.2 Å². The van der Waals surface area contributed by atoms with E-state index in [1.54, 1.807) is 0 Å². The molecule has 1 aromatic carbocycles. The third-order valence-electron chi connectivity index (χ3n) is 2.31. The number of halogens is 1. The van der Waals surface area contributed by atoms with Crippen molar-refractivity contribution in [2.24, 2.45) is 0 Å². The number of aliphatic hydroxyl groups is 1. The fraction of sp³-hybridized carbons (Fsp3) is 0.250. The molecule has 0 aliphatic rings. The van der Waals surface area contributed by atoms with Gasteiger partial charge in [0.15, 0.2) is 0 Å². The van der Waals surface area contributed by atoms with Gasteiger partial charge in [0.05, 0.1) is 5.69 Å². The van der Waals surface area contributed by atoms with Crippen molar-refractivity contribution >= 4 is 22.6 Å². The number of hydrogen-bond acceptors (Lipinski definition) is 3. The zero-order valence-corrected chi connectivity index (χ0v) is 11.1. The van der Waals surface area contributed by atoms with E-state index < -0.39 is 0 Å². The summed E-state index contributed by atoms with van der Waals surface area (Å²) in [4.78, 5) is 4.38. The van der Waals surface area contributed by atoms with Crippen molar-refractivity contribution < 1.29 is 9.52 Å². The molecule has 4 heteroatoms. The molecule has 0 aliphatic carbocycles. The van der Waals surface area contributed by atoms with Crippen molar-refractivity contribution in [2.45, 2.75) is 13.3 Å². The summed E-state index contributed by atoms with van der Waals surface area (Å²) in [6.45, 7) is 1.97. The van der Waals surface area contributed by atoms with E-state index in [-0.39, 0.29) is 6.61 Å². The van der Waals surface area contributed by atoms with Gasteiger partial charge in [-0.3, -0.25) is 0 Å². The minimum atomic E-state index is 0.0964. The summed E-state index contributed by atoms with van der Waals surface area (Å²) in [5.41, 5.74) is 1.80. The van der Waals surface area contributed by atoms with E-state index in [0.29, 0.717) is 12.3 Å². The number of aromatic nitrogens is 1. The SMILES string of the molecule is Cc1oc(-c2cccc(I)c2)nc1CCO. The van der Waals surface area contributed by atoms with Gasteiger partial charge >= 0.3 is 0 Å². The predicted molar refractivity (Wildman–Crippen MR) is 70.2 cm³/mol. The average molecular weight is 329 g/mol. The monoisotopic (exact) mass is 329 g/mol. The number of benzene rings is 1. The zero-order valence-electron chi connectivity index (χ0n) is 8.90. The van der Waals surface area contributed by atoms with E-state index in [0.717, 1.165) is 20.6 Å². The average Bonchev–Trinajstić information content (AvgIpc) is 2.61. The molecule has 0 bridgehead atoms. The normalized spacial score (nSPS) is 10.7. The lowest BCUT2D eigenvalue weighted by Gasteiger charge is -1.95. The molecule has 2 aromatic rings. The van der Waals surface area contributed by atoms with Crippen LogP contribution in [0.3, 0.4) is 0 Å². The summed E-state index contributed by atoms with van der Waals surface area (Å²) >= 11 is 2.25. The van der Waals surface area contributed by atoms with Crippen molar-refractivity contribution in [3.05, 3.63) is 39.3 Å². The Balaban J connectivity index is 2.37. The summed E-state index contributed by atoms with van der Waals surface area (Å²) in [7, 11) is 0. The van der Waals surface area contributed by atoms with E-state index in [9.17, 15) is 0 Å². The molecule has 0 spiro atoms. The first kappa shape index (κ1) is 11.6. The maximum absolute atomic E-state index is 8.89. The van der Waals surface area contributed by atoms with Crippen LogP contribution in [0.2, 0.25) is 0 Å². The first-order chi connectivity index (χ1) is 7.70. The summed E-state index contributed by atoms with van der Waals surface area (Å²) in [5.74, 6) is 1.40. The van der Waals surface area contributed by atoms with Gasteiger partial charge in [-0.2, -0.15) is 0 Å². The van der Waals surface area contributed by atoms with Gasteiger partial charge < -0.3 is 9.52 Å². The van der Waals surface area contributed by atoms with Gasteiger partial charge in [-0.05, 0) is 47.7 Å². The molecular weight excluding hydrogens is 317 g/mol. The van der Waals surface area contributed by atoms with Crippen molar-refractivity contribution in [3.63, 3.8) is 0 Å². The van der Waals surface area contributed by atoms with Crippen molar-refractivity contribution in [2.75, 3.05) is 6.61 Å². The largest absolute Gasteiger partial charge is 0.441 e. The molecule has 0 saturated heterocycles. The van der Waals surface area contributed by atoms with Crippen molar-refractivity contribution in [1.82, 2.24) is 4.98 Å². The van der Waals surface area contributed by atoms with Crippen LogP contribution in [-0.4, -0.2) is 16.7 Å². The van der Waals surface area contributed by atoms with Crippen molar-refractivity contribution in [1.29, 1.82) is 0 Å². The van der Waals surface area contributed by atoms with Gasteiger partial charge in [0.2, 0.25) is 5.89 Å². The van der Waals surface area contributed by atoms with Crippen LogP contribution in [0.1, 0.15) is 11.5 Å². The number of hydrogen-bond donors (Lipinski definition) is 1. The van der Waals surface area contributed by atoms with Crippen LogP contribution in [-0.2, 0) is 6.42 Å². The zero-order chi connectivity index (χ0) is 11.5. The highest BCUT2D eigenvalue weighted by atomic mass is 127. The second-order valence-corrected chi connectivity index (χ2v) is 4.75. The van der Waals surface area contributed by atoms with E-state index >= 15 is 0 Å². The lowest BCUT2D eigenvalue weighted by atomic mass is 10.2. The number of aliphatic hydroxyl groups excluding tert-OH is 1. The molecule has 0 radical (unpaired) electrons. The molecule has 1 heterocycles. The van der Waals surface area contributed by atoms with E-state index in [2.05, 4.69) is 27.6 Å². The molecule has 3 nitrogen and oxygen atoms in total. The summed E-state index contributed by atoms with van der Waals surface area (Å²) < 4.78 is 6.73. The Bertz CT molecular complexity index is 494. The lowest BCUT2D eigenvalue weighted by molar-refractivity contribution is 0.297. The van der Waals surface area contributed by atoms with Gasteiger partial charge in [0.25, 0.3) is 0 Å². The van der Waals surface area contributed by atoms with Gasteiger partial charge in [0.1, 0.15) is 5.76 Å². The second kappa shape index (κ2) is 4.97. The van der Waals surface area contributed by atoms with Crippen LogP contribution in [0.4, 0.5) is 0 Å². The Morgan fingerprint density at radius 1 is 1.44 bits per heavy atom. The Labute approximate surface area is 108 Å². The van der Waals surface area contributed by atoms with Crippen LogP contribution in [0, 0.1) is 10.5 Å². The molecule has 1 aromatic heterocycles. The smallest absolute Gasteiger partial charge is 0.226 e. The van der Waals surface area contributed by atoms with E-state index in [1.165, 1.54) is 0 Å². The molecule has 0 atom stereocenters. The number of nitrogens with zero attached hydrogens (tertiary/aromatic N) is 1. The molecular formula is C12H12INO2. The first-order valence-corrected chi connectivity index (χ1v) is 6.11. The number of oxazole rings is 1. The number of rotatable bonds is 3. The molecule has 1 N–H and O–H groups in total. The minimum absolute atomic E-state index is 0.0964. The van der Waals surface area contributed by atoms with Crippen LogP contribution in [0.15, 0.2) is 28.7 Å². The second-order valence-electron chi connectivity index (χ2n) is 3.51.